The van der Waals surface area contributed by atoms with Crippen molar-refractivity contribution in [1.29, 1.82) is 0 Å². The number of benzene rings is 1. The highest BCUT2D eigenvalue weighted by Gasteiger charge is 2.15. The summed E-state index contributed by atoms with van der Waals surface area (Å²) in [6.07, 6.45) is 1.63. The number of halogens is 1. The summed E-state index contributed by atoms with van der Waals surface area (Å²) in [7, 11) is 0. The topological polar surface area (TPSA) is 53.1 Å². The minimum absolute atomic E-state index is 0.179. The summed E-state index contributed by atoms with van der Waals surface area (Å²) in [4.78, 5) is 14.7. The fourth-order valence-electron chi connectivity index (χ4n) is 2.19. The molecule has 0 aliphatic rings. The molecule has 0 amide bonds. The van der Waals surface area contributed by atoms with Crippen LogP contribution in [-0.4, -0.2) is 10.1 Å². The van der Waals surface area contributed by atoms with Crippen molar-refractivity contribution in [1.82, 2.24) is 4.98 Å². The van der Waals surface area contributed by atoms with Crippen molar-refractivity contribution in [3.63, 3.8) is 0 Å². The fraction of sp³-hybridized carbons (Fsp3) is 0.267. The predicted octanol–water partition coefficient (Wildman–Crippen LogP) is 2.80. The van der Waals surface area contributed by atoms with Crippen LogP contribution in [-0.2, 0) is 6.61 Å². The van der Waals surface area contributed by atoms with Crippen LogP contribution in [0.25, 0.3) is 11.1 Å². The first kappa shape index (κ1) is 13.5. The Morgan fingerprint density at radius 1 is 1.26 bits per heavy atom. The molecular formula is C15H16FNO2. The fourth-order valence-corrected chi connectivity index (χ4v) is 2.19. The number of H-pyrrole nitrogens is 1. The van der Waals surface area contributed by atoms with Gasteiger partial charge >= 0.3 is 0 Å². The Kier molecular flexibility index (Phi) is 3.81. The molecule has 0 aliphatic carbocycles. The minimum Gasteiger partial charge on any atom is -0.392 e. The normalized spacial score (nSPS) is 11.0. The average Bonchev–Trinajstić information content (AvgIpc) is 2.39. The maximum absolute atomic E-state index is 13.0. The smallest absolute Gasteiger partial charge is 0.256 e. The lowest BCUT2D eigenvalue weighted by Gasteiger charge is -2.14. The van der Waals surface area contributed by atoms with Crippen LogP contribution in [0.3, 0.4) is 0 Å². The van der Waals surface area contributed by atoms with Gasteiger partial charge in [0.2, 0.25) is 0 Å². The van der Waals surface area contributed by atoms with E-state index in [2.05, 4.69) is 4.98 Å². The largest absolute Gasteiger partial charge is 0.392 e. The number of aromatic amines is 1. The molecular weight excluding hydrogens is 245 g/mol. The van der Waals surface area contributed by atoms with E-state index in [1.54, 1.807) is 18.3 Å². The molecule has 19 heavy (non-hydrogen) atoms. The van der Waals surface area contributed by atoms with Crippen LogP contribution in [0.1, 0.15) is 30.9 Å². The Morgan fingerprint density at radius 3 is 2.42 bits per heavy atom. The van der Waals surface area contributed by atoms with Gasteiger partial charge in [0.1, 0.15) is 5.82 Å². The summed E-state index contributed by atoms with van der Waals surface area (Å²) in [5, 5.41) is 9.56. The zero-order valence-electron chi connectivity index (χ0n) is 10.9. The van der Waals surface area contributed by atoms with Crippen LogP contribution in [0.15, 0.2) is 35.3 Å². The van der Waals surface area contributed by atoms with Crippen LogP contribution in [0.5, 0.6) is 0 Å². The minimum atomic E-state index is -0.356. The molecule has 0 radical (unpaired) electrons. The van der Waals surface area contributed by atoms with Crippen LogP contribution < -0.4 is 5.56 Å². The van der Waals surface area contributed by atoms with Crippen molar-refractivity contribution in [3.05, 3.63) is 57.8 Å². The number of pyridine rings is 1. The lowest BCUT2D eigenvalue weighted by molar-refractivity contribution is 0.280. The molecule has 3 nitrogen and oxygen atoms in total. The van der Waals surface area contributed by atoms with E-state index in [0.717, 1.165) is 5.56 Å². The third-order valence-electron chi connectivity index (χ3n) is 3.15. The van der Waals surface area contributed by atoms with Gasteiger partial charge < -0.3 is 10.1 Å². The van der Waals surface area contributed by atoms with Crippen molar-refractivity contribution in [2.45, 2.75) is 26.4 Å². The molecule has 0 saturated heterocycles. The van der Waals surface area contributed by atoms with Crippen molar-refractivity contribution in [3.8, 4) is 11.1 Å². The molecule has 4 heteroatoms. The highest BCUT2D eigenvalue weighted by Crippen LogP contribution is 2.26. The Labute approximate surface area is 110 Å². The second-order valence-electron chi connectivity index (χ2n) is 4.75. The summed E-state index contributed by atoms with van der Waals surface area (Å²) in [5.74, 6) is -0.177. The van der Waals surface area contributed by atoms with E-state index >= 15 is 0 Å². The van der Waals surface area contributed by atoms with Gasteiger partial charge in [-0.15, -0.1) is 0 Å². The second-order valence-corrected chi connectivity index (χ2v) is 4.75. The highest BCUT2D eigenvalue weighted by molar-refractivity contribution is 5.67. The number of aromatic nitrogens is 1. The first-order valence-electron chi connectivity index (χ1n) is 6.15. The number of hydrogen-bond acceptors (Lipinski definition) is 2. The van der Waals surface area contributed by atoms with E-state index in [-0.39, 0.29) is 23.9 Å². The standard InChI is InChI=1S/C15H16FNO2/c1-9(2)12-7-17-15(19)14(13(12)8-18)10-3-5-11(16)6-4-10/h3-7,9,18H,8H2,1-2H3,(H,17,19). The number of rotatable bonds is 3. The maximum atomic E-state index is 13.0. The summed E-state index contributed by atoms with van der Waals surface area (Å²) in [5.41, 5.74) is 2.23. The molecule has 2 N–H and O–H groups in total. The lowest BCUT2D eigenvalue weighted by Crippen LogP contribution is -2.15. The summed E-state index contributed by atoms with van der Waals surface area (Å²) in [6, 6.07) is 5.70. The van der Waals surface area contributed by atoms with Gasteiger partial charge in [-0.3, -0.25) is 4.79 Å². The molecule has 0 spiro atoms. The molecule has 0 atom stereocenters. The van der Waals surface area contributed by atoms with Gasteiger partial charge in [-0.25, -0.2) is 4.39 Å². The summed E-state index contributed by atoms with van der Waals surface area (Å²) >= 11 is 0. The van der Waals surface area contributed by atoms with E-state index in [1.807, 2.05) is 13.8 Å². The zero-order valence-corrected chi connectivity index (χ0v) is 10.9. The molecule has 1 heterocycles. The van der Waals surface area contributed by atoms with Gasteiger partial charge in [-0.1, -0.05) is 26.0 Å². The van der Waals surface area contributed by atoms with Crippen molar-refractivity contribution in [2.75, 3.05) is 0 Å². The molecule has 0 aliphatic heterocycles. The number of hydrogen-bond donors (Lipinski definition) is 2. The predicted molar refractivity (Wildman–Crippen MR) is 72.5 cm³/mol. The van der Waals surface area contributed by atoms with Crippen molar-refractivity contribution < 1.29 is 9.50 Å². The lowest BCUT2D eigenvalue weighted by atomic mass is 9.93. The Morgan fingerprint density at radius 2 is 1.89 bits per heavy atom. The van der Waals surface area contributed by atoms with Crippen LogP contribution in [0.2, 0.25) is 0 Å². The van der Waals surface area contributed by atoms with Gasteiger partial charge in [-0.05, 0) is 34.7 Å². The molecule has 0 bridgehead atoms. The van der Waals surface area contributed by atoms with Gasteiger partial charge in [-0.2, -0.15) is 0 Å². The number of aliphatic hydroxyl groups is 1. The summed E-state index contributed by atoms with van der Waals surface area (Å²) < 4.78 is 13.0. The van der Waals surface area contributed by atoms with Gasteiger partial charge in [0.05, 0.1) is 12.2 Å². The van der Waals surface area contributed by atoms with Crippen molar-refractivity contribution in [2.24, 2.45) is 0 Å². The van der Waals surface area contributed by atoms with Gasteiger partial charge in [0, 0.05) is 6.20 Å². The SMILES string of the molecule is CC(C)c1c[nH]c(=O)c(-c2ccc(F)cc2)c1CO. The first-order chi connectivity index (χ1) is 9.04. The second kappa shape index (κ2) is 5.36. The Hall–Kier alpha value is -1.94. The van der Waals surface area contributed by atoms with E-state index in [0.29, 0.717) is 16.7 Å². The molecule has 0 fully saturated rings. The molecule has 2 aromatic rings. The maximum Gasteiger partial charge on any atom is 0.256 e. The zero-order chi connectivity index (χ0) is 14.0. The molecule has 0 saturated carbocycles. The van der Waals surface area contributed by atoms with Crippen molar-refractivity contribution >= 4 is 0 Å². The molecule has 2 rings (SSSR count). The molecule has 1 aromatic heterocycles. The monoisotopic (exact) mass is 261 g/mol. The highest BCUT2D eigenvalue weighted by atomic mass is 19.1. The number of aliphatic hydroxyl groups excluding tert-OH is 1. The summed E-state index contributed by atoms with van der Waals surface area (Å²) in [6.45, 7) is 3.76. The van der Waals surface area contributed by atoms with Crippen LogP contribution in [0, 0.1) is 5.82 Å². The third kappa shape index (κ3) is 2.58. The van der Waals surface area contributed by atoms with E-state index < -0.39 is 0 Å². The molecule has 100 valence electrons. The van der Waals surface area contributed by atoms with Crippen LogP contribution >= 0.6 is 0 Å². The van der Waals surface area contributed by atoms with E-state index in [4.69, 9.17) is 0 Å². The van der Waals surface area contributed by atoms with Crippen LogP contribution in [0.4, 0.5) is 4.39 Å². The molecule has 0 unspecified atom stereocenters. The Balaban J connectivity index is 2.71. The third-order valence-corrected chi connectivity index (χ3v) is 3.15. The first-order valence-corrected chi connectivity index (χ1v) is 6.15. The number of nitrogens with one attached hydrogen (secondary N) is 1. The van der Waals surface area contributed by atoms with E-state index in [9.17, 15) is 14.3 Å². The van der Waals surface area contributed by atoms with E-state index in [1.165, 1.54) is 12.1 Å². The molecule has 1 aromatic carbocycles. The van der Waals surface area contributed by atoms with Gasteiger partial charge in [0.15, 0.2) is 0 Å². The Bertz CT molecular complexity index is 630. The van der Waals surface area contributed by atoms with Gasteiger partial charge in [0.25, 0.3) is 5.56 Å². The average molecular weight is 261 g/mol. The quantitative estimate of drug-likeness (QED) is 0.892.